The highest BCUT2D eigenvalue weighted by atomic mass is 35.5. The van der Waals surface area contributed by atoms with Crippen molar-refractivity contribution < 1.29 is 28.3 Å². The lowest BCUT2D eigenvalue weighted by atomic mass is 9.91. The van der Waals surface area contributed by atoms with Crippen molar-refractivity contribution >= 4 is 29.4 Å². The first kappa shape index (κ1) is 22.8. The predicted octanol–water partition coefficient (Wildman–Crippen LogP) is 3.75. The van der Waals surface area contributed by atoms with Crippen molar-refractivity contribution in [1.82, 2.24) is 15.1 Å². The molecule has 0 spiro atoms. The van der Waals surface area contributed by atoms with Crippen LogP contribution in [0.15, 0.2) is 59.0 Å². The lowest BCUT2D eigenvalue weighted by molar-refractivity contribution is -0.138. The quantitative estimate of drug-likeness (QED) is 0.523. The van der Waals surface area contributed by atoms with Crippen molar-refractivity contribution in [3.8, 4) is 22.8 Å². The van der Waals surface area contributed by atoms with Crippen molar-refractivity contribution in [3.63, 3.8) is 0 Å². The number of benzene rings is 2. The number of ether oxygens (including phenoxy) is 2. The van der Waals surface area contributed by atoms with Gasteiger partial charge in [0.2, 0.25) is 12.7 Å². The third kappa shape index (κ3) is 4.19. The Morgan fingerprint density at radius 2 is 1.83 bits per heavy atom. The van der Waals surface area contributed by atoms with Crippen LogP contribution < -0.4 is 14.8 Å². The highest BCUT2D eigenvalue weighted by Crippen LogP contribution is 2.37. The zero-order chi connectivity index (χ0) is 24.7. The van der Waals surface area contributed by atoms with Gasteiger partial charge in [-0.15, -0.1) is 0 Å². The van der Waals surface area contributed by atoms with Gasteiger partial charge in [0.05, 0.1) is 6.54 Å². The summed E-state index contributed by atoms with van der Waals surface area (Å²) < 4.78 is 16.5. The molecule has 9 nitrogen and oxygen atoms in total. The standard InChI is InChI=1S/C25H22ClN3O6/c1-25(16-5-9-20-21(11-16)34-14-33-20)23(31)29(24(32)27-25)13-22(30)28(2)12-18-8-10-19(35-18)15-3-6-17(26)7-4-15/h3-11H,12-14H2,1-2H3,(H,27,32)/t25-/m0/s1. The van der Waals surface area contributed by atoms with Gasteiger partial charge in [0.15, 0.2) is 11.5 Å². The highest BCUT2D eigenvalue weighted by Gasteiger charge is 2.50. The van der Waals surface area contributed by atoms with E-state index in [4.69, 9.17) is 25.5 Å². The number of urea groups is 1. The van der Waals surface area contributed by atoms with E-state index in [9.17, 15) is 14.4 Å². The molecule has 1 N–H and O–H groups in total. The molecule has 0 radical (unpaired) electrons. The largest absolute Gasteiger partial charge is 0.459 e. The summed E-state index contributed by atoms with van der Waals surface area (Å²) in [6.07, 6.45) is 0. The molecule has 1 saturated heterocycles. The van der Waals surface area contributed by atoms with E-state index in [-0.39, 0.29) is 13.3 Å². The number of imide groups is 1. The highest BCUT2D eigenvalue weighted by molar-refractivity contribution is 6.30. The van der Waals surface area contributed by atoms with Crippen molar-refractivity contribution in [2.45, 2.75) is 19.0 Å². The van der Waals surface area contributed by atoms with Gasteiger partial charge < -0.3 is 24.1 Å². The summed E-state index contributed by atoms with van der Waals surface area (Å²) in [7, 11) is 1.59. The fourth-order valence-corrected chi connectivity index (χ4v) is 4.18. The molecule has 2 aliphatic rings. The molecule has 1 aromatic heterocycles. The molecular formula is C25H22ClN3O6. The molecule has 5 rings (SSSR count). The van der Waals surface area contributed by atoms with Crippen molar-refractivity contribution in [1.29, 1.82) is 0 Å². The fourth-order valence-electron chi connectivity index (χ4n) is 4.05. The van der Waals surface area contributed by atoms with Gasteiger partial charge in [-0.25, -0.2) is 4.79 Å². The van der Waals surface area contributed by atoms with Crippen LogP contribution in [0, 0.1) is 0 Å². The first-order valence-corrected chi connectivity index (χ1v) is 11.3. The van der Waals surface area contributed by atoms with E-state index in [0.29, 0.717) is 33.6 Å². The van der Waals surface area contributed by atoms with E-state index in [1.54, 1.807) is 50.4 Å². The Balaban J connectivity index is 1.25. The summed E-state index contributed by atoms with van der Waals surface area (Å²) in [6, 6.07) is 15.2. The van der Waals surface area contributed by atoms with Crippen LogP contribution >= 0.6 is 11.6 Å². The molecule has 0 bridgehead atoms. The van der Waals surface area contributed by atoms with Crippen LogP contribution in [0.2, 0.25) is 5.02 Å². The minimum absolute atomic E-state index is 0.0969. The number of carbonyl (C=O) groups excluding carboxylic acids is 3. The maximum atomic E-state index is 13.2. The number of nitrogens with zero attached hydrogens (tertiary/aromatic N) is 2. The van der Waals surface area contributed by atoms with E-state index in [1.165, 1.54) is 4.90 Å². The Morgan fingerprint density at radius 1 is 1.09 bits per heavy atom. The smallest absolute Gasteiger partial charge is 0.325 e. The number of fused-ring (bicyclic) bond motifs is 1. The van der Waals surface area contributed by atoms with Gasteiger partial charge in [0.25, 0.3) is 5.91 Å². The van der Waals surface area contributed by atoms with E-state index >= 15 is 0 Å². The number of nitrogens with one attached hydrogen (secondary N) is 1. The number of halogens is 1. The Hall–Kier alpha value is -3.98. The molecule has 10 heteroatoms. The van der Waals surface area contributed by atoms with E-state index in [0.717, 1.165) is 10.5 Å². The third-order valence-electron chi connectivity index (χ3n) is 6.13. The Bertz CT molecular complexity index is 1320. The van der Waals surface area contributed by atoms with Gasteiger partial charge in [0.1, 0.15) is 23.6 Å². The molecule has 2 aromatic carbocycles. The average Bonchev–Trinajstić information content (AvgIpc) is 3.55. The Morgan fingerprint density at radius 3 is 2.60 bits per heavy atom. The van der Waals surface area contributed by atoms with E-state index in [2.05, 4.69) is 5.32 Å². The van der Waals surface area contributed by atoms with Crippen LogP contribution in [-0.2, 0) is 21.7 Å². The molecular weight excluding hydrogens is 474 g/mol. The van der Waals surface area contributed by atoms with Crippen LogP contribution in [0.4, 0.5) is 4.79 Å². The maximum Gasteiger partial charge on any atom is 0.325 e. The van der Waals surface area contributed by atoms with Crippen LogP contribution in [-0.4, -0.2) is 48.0 Å². The molecule has 0 saturated carbocycles. The van der Waals surface area contributed by atoms with Gasteiger partial charge in [-0.3, -0.25) is 14.5 Å². The molecule has 35 heavy (non-hydrogen) atoms. The summed E-state index contributed by atoms with van der Waals surface area (Å²) in [4.78, 5) is 41.1. The Kier molecular flexibility index (Phi) is 5.64. The summed E-state index contributed by atoms with van der Waals surface area (Å²) in [5.41, 5.74) is 0.0660. The van der Waals surface area contributed by atoms with Gasteiger partial charge >= 0.3 is 6.03 Å². The minimum atomic E-state index is -1.33. The number of furan rings is 1. The Labute approximate surface area is 206 Å². The number of hydrogen-bond donors (Lipinski definition) is 1. The average molecular weight is 496 g/mol. The second-order valence-electron chi connectivity index (χ2n) is 8.54. The van der Waals surface area contributed by atoms with Gasteiger partial charge in [-0.05, 0) is 61.0 Å². The summed E-state index contributed by atoms with van der Waals surface area (Å²) >= 11 is 5.93. The van der Waals surface area contributed by atoms with Crippen LogP contribution in [0.1, 0.15) is 18.2 Å². The maximum absolute atomic E-state index is 13.2. The number of rotatable bonds is 6. The normalized spacial score (nSPS) is 18.7. The summed E-state index contributed by atoms with van der Waals surface area (Å²) in [5.74, 6) is 1.34. The van der Waals surface area contributed by atoms with Crippen LogP contribution in [0.3, 0.4) is 0 Å². The monoisotopic (exact) mass is 495 g/mol. The molecule has 2 aliphatic heterocycles. The molecule has 0 aliphatic carbocycles. The number of hydrogen-bond acceptors (Lipinski definition) is 6. The summed E-state index contributed by atoms with van der Waals surface area (Å²) in [5, 5.41) is 3.33. The van der Waals surface area contributed by atoms with Crippen LogP contribution in [0.5, 0.6) is 11.5 Å². The predicted molar refractivity (Wildman–Crippen MR) is 126 cm³/mol. The molecule has 3 heterocycles. The molecule has 0 unspecified atom stereocenters. The second kappa shape index (κ2) is 8.66. The fraction of sp³-hybridized carbons (Fsp3) is 0.240. The molecule has 1 fully saturated rings. The second-order valence-corrected chi connectivity index (χ2v) is 8.97. The molecule has 1 atom stereocenters. The first-order chi connectivity index (χ1) is 16.7. The van der Waals surface area contributed by atoms with Crippen LogP contribution in [0.25, 0.3) is 11.3 Å². The molecule has 3 aromatic rings. The topological polar surface area (TPSA) is 101 Å². The first-order valence-electron chi connectivity index (χ1n) is 10.9. The van der Waals surface area contributed by atoms with E-state index in [1.807, 2.05) is 18.2 Å². The minimum Gasteiger partial charge on any atom is -0.459 e. The van der Waals surface area contributed by atoms with Gasteiger partial charge in [0, 0.05) is 17.6 Å². The van der Waals surface area contributed by atoms with E-state index < -0.39 is 29.9 Å². The number of likely N-dealkylation sites (N-methyl/N-ethyl adjacent to an activating group) is 1. The molecule has 180 valence electrons. The SMILES string of the molecule is CN(Cc1ccc(-c2ccc(Cl)cc2)o1)C(=O)CN1C(=O)N[C@@](C)(c2ccc3c(c2)OCO3)C1=O. The van der Waals surface area contributed by atoms with Crippen molar-refractivity contribution in [3.05, 3.63) is 70.9 Å². The van der Waals surface area contributed by atoms with Crippen molar-refractivity contribution in [2.75, 3.05) is 20.4 Å². The zero-order valence-electron chi connectivity index (χ0n) is 19.0. The van der Waals surface area contributed by atoms with Gasteiger partial charge in [-0.2, -0.15) is 0 Å². The lowest BCUT2D eigenvalue weighted by Crippen LogP contribution is -2.43. The molecule has 4 amide bonds. The van der Waals surface area contributed by atoms with Crippen molar-refractivity contribution in [2.24, 2.45) is 0 Å². The number of carbonyl (C=O) groups is 3. The number of amides is 4. The van der Waals surface area contributed by atoms with Gasteiger partial charge in [-0.1, -0.05) is 17.7 Å². The lowest BCUT2D eigenvalue weighted by Gasteiger charge is -2.23. The zero-order valence-corrected chi connectivity index (χ0v) is 19.8. The summed E-state index contributed by atoms with van der Waals surface area (Å²) in [6.45, 7) is 1.47. The third-order valence-corrected chi connectivity index (χ3v) is 6.38.